The van der Waals surface area contributed by atoms with Crippen LogP contribution in [0.1, 0.15) is 96.8 Å². The quantitative estimate of drug-likeness (QED) is 0.210. The number of nitrogens with one attached hydrogen (secondary N) is 1. The Bertz CT molecular complexity index is 346. The first kappa shape index (κ1) is 26.9. The topological polar surface area (TPSA) is 30.5 Å². The van der Waals surface area contributed by atoms with Gasteiger partial charge in [-0.15, -0.1) is 0 Å². The van der Waals surface area contributed by atoms with Gasteiger partial charge in [0.2, 0.25) is 0 Å². The van der Waals surface area contributed by atoms with E-state index in [1.807, 2.05) is 7.11 Å². The van der Waals surface area contributed by atoms with Gasteiger partial charge >= 0.3 is 0 Å². The van der Waals surface area contributed by atoms with Crippen molar-refractivity contribution in [2.24, 2.45) is 0 Å². The molecular weight excluding hydrogens is 360 g/mol. The molecule has 1 rings (SSSR count). The third-order valence-corrected chi connectivity index (χ3v) is 6.58. The molecule has 0 aromatic carbocycles. The predicted molar refractivity (Wildman–Crippen MR) is 126 cm³/mol. The van der Waals surface area contributed by atoms with E-state index in [1.54, 1.807) is 0 Å². The zero-order valence-corrected chi connectivity index (χ0v) is 20.2. The van der Waals surface area contributed by atoms with Crippen LogP contribution in [-0.2, 0) is 9.47 Å². The lowest BCUT2D eigenvalue weighted by atomic mass is 10.0. The number of piperazine rings is 1. The molecule has 1 N–H and O–H groups in total. The maximum Gasteiger partial charge on any atom is 0.129 e. The van der Waals surface area contributed by atoms with E-state index in [-0.39, 0.29) is 6.10 Å². The average Bonchev–Trinajstić information content (AvgIpc) is 2.73. The molecule has 29 heavy (non-hydrogen) atoms. The Kier molecular flexibility index (Phi) is 17.2. The van der Waals surface area contributed by atoms with Crippen molar-refractivity contribution in [3.05, 3.63) is 0 Å². The molecule has 0 aliphatic carbocycles. The van der Waals surface area contributed by atoms with Crippen LogP contribution in [0, 0.1) is 0 Å². The summed E-state index contributed by atoms with van der Waals surface area (Å²) in [6.45, 7) is 9.62. The lowest BCUT2D eigenvalue weighted by Crippen LogP contribution is -2.59. The van der Waals surface area contributed by atoms with E-state index in [9.17, 15) is 0 Å². The molecule has 1 saturated heterocycles. The number of methoxy groups -OCH3 is 1. The Morgan fingerprint density at radius 3 is 1.72 bits per heavy atom. The summed E-state index contributed by atoms with van der Waals surface area (Å²) in [5, 5.41) is 3.45. The van der Waals surface area contributed by atoms with Crippen molar-refractivity contribution in [1.29, 1.82) is 0 Å². The molecular formula is C25H53N2O2+. The first-order valence-electron chi connectivity index (χ1n) is 12.8. The smallest absolute Gasteiger partial charge is 0.129 e. The third kappa shape index (κ3) is 15.3. The Morgan fingerprint density at radius 1 is 0.759 bits per heavy atom. The molecule has 1 atom stereocenters. The Labute approximate surface area is 182 Å². The van der Waals surface area contributed by atoms with Crippen LogP contribution in [0.5, 0.6) is 0 Å². The van der Waals surface area contributed by atoms with Gasteiger partial charge in [-0.25, -0.2) is 0 Å². The van der Waals surface area contributed by atoms with Gasteiger partial charge in [-0.1, -0.05) is 90.4 Å². The number of hydrogen-bond acceptors (Lipinski definition) is 3. The minimum absolute atomic E-state index is 0.227. The van der Waals surface area contributed by atoms with Gasteiger partial charge in [-0.05, 0) is 6.42 Å². The molecule has 0 aromatic rings. The highest BCUT2D eigenvalue weighted by Crippen LogP contribution is 2.13. The van der Waals surface area contributed by atoms with Crippen LogP contribution in [0.4, 0.5) is 0 Å². The zero-order valence-electron chi connectivity index (χ0n) is 20.2. The second-order valence-electron chi connectivity index (χ2n) is 9.53. The van der Waals surface area contributed by atoms with Gasteiger partial charge in [0.1, 0.15) is 12.6 Å². The highest BCUT2D eigenvalue weighted by Gasteiger charge is 2.28. The normalized spacial score (nSPS) is 17.5. The fraction of sp³-hybridized carbons (Fsp3) is 1.00. The maximum absolute atomic E-state index is 5.93. The second-order valence-corrected chi connectivity index (χ2v) is 9.53. The highest BCUT2D eigenvalue weighted by molar-refractivity contribution is 4.61. The first-order valence-corrected chi connectivity index (χ1v) is 12.8. The maximum atomic E-state index is 5.93. The SMILES string of the molecule is CCCCCCCCCCCCCCCCOCC(C[N+]1(C)CCNCC1)OC. The number of nitrogens with zero attached hydrogens (tertiary/aromatic N) is 1. The summed E-state index contributed by atoms with van der Waals surface area (Å²) >= 11 is 0. The molecule has 1 heterocycles. The average molecular weight is 414 g/mol. The van der Waals surface area contributed by atoms with E-state index < -0.39 is 0 Å². The molecule has 1 unspecified atom stereocenters. The fourth-order valence-electron chi connectivity index (χ4n) is 4.42. The summed E-state index contributed by atoms with van der Waals surface area (Å²) < 4.78 is 12.7. The van der Waals surface area contributed by atoms with Gasteiger partial charge in [0.15, 0.2) is 0 Å². The van der Waals surface area contributed by atoms with Gasteiger partial charge in [0, 0.05) is 26.8 Å². The minimum atomic E-state index is 0.227. The number of unbranched alkanes of at least 4 members (excludes halogenated alkanes) is 13. The molecule has 1 aliphatic heterocycles. The number of ether oxygens (including phenoxy) is 2. The van der Waals surface area contributed by atoms with Crippen LogP contribution in [0.3, 0.4) is 0 Å². The Morgan fingerprint density at radius 2 is 1.24 bits per heavy atom. The Balaban J connectivity index is 1.83. The number of quaternary nitrogens is 1. The number of hydrogen-bond donors (Lipinski definition) is 1. The van der Waals surface area contributed by atoms with Crippen LogP contribution < -0.4 is 5.32 Å². The molecule has 0 saturated carbocycles. The largest absolute Gasteiger partial charge is 0.379 e. The van der Waals surface area contributed by atoms with E-state index in [2.05, 4.69) is 19.3 Å². The Hall–Kier alpha value is -0.160. The van der Waals surface area contributed by atoms with Crippen LogP contribution in [-0.4, -0.2) is 70.7 Å². The van der Waals surface area contributed by atoms with E-state index >= 15 is 0 Å². The summed E-state index contributed by atoms with van der Waals surface area (Å²) in [6, 6.07) is 0. The molecule has 0 bridgehead atoms. The van der Waals surface area contributed by atoms with Crippen molar-refractivity contribution in [2.75, 3.05) is 60.1 Å². The molecule has 0 spiro atoms. The second kappa shape index (κ2) is 18.6. The summed E-state index contributed by atoms with van der Waals surface area (Å²) in [6.07, 6.45) is 19.9. The molecule has 0 aromatic heterocycles. The van der Waals surface area contributed by atoms with E-state index in [4.69, 9.17) is 9.47 Å². The van der Waals surface area contributed by atoms with Crippen LogP contribution in [0.15, 0.2) is 0 Å². The lowest BCUT2D eigenvalue weighted by molar-refractivity contribution is -0.914. The van der Waals surface area contributed by atoms with Gasteiger partial charge in [0.25, 0.3) is 0 Å². The summed E-state index contributed by atoms with van der Waals surface area (Å²) in [5.74, 6) is 0. The van der Waals surface area contributed by atoms with Crippen molar-refractivity contribution in [1.82, 2.24) is 5.32 Å². The van der Waals surface area contributed by atoms with Gasteiger partial charge in [-0.3, -0.25) is 0 Å². The monoisotopic (exact) mass is 413 g/mol. The lowest BCUT2D eigenvalue weighted by Gasteiger charge is -2.40. The first-order chi connectivity index (χ1) is 14.2. The van der Waals surface area contributed by atoms with E-state index in [1.165, 1.54) is 103 Å². The van der Waals surface area contributed by atoms with Crippen molar-refractivity contribution >= 4 is 0 Å². The molecule has 1 aliphatic rings. The molecule has 0 radical (unpaired) electrons. The summed E-state index contributed by atoms with van der Waals surface area (Å²) in [4.78, 5) is 0. The standard InChI is InChI=1S/C25H53N2O2/c1-4-5-6-7-8-9-10-11-12-13-14-15-16-17-22-29-24-25(28-3)23-27(2)20-18-26-19-21-27/h25-26H,4-24H2,1-3H3/q+1. The molecule has 1 fully saturated rings. The third-order valence-electron chi connectivity index (χ3n) is 6.58. The van der Waals surface area contributed by atoms with Crippen LogP contribution in [0.2, 0.25) is 0 Å². The van der Waals surface area contributed by atoms with Crippen molar-refractivity contribution in [2.45, 2.75) is 103 Å². The van der Waals surface area contributed by atoms with Crippen molar-refractivity contribution in [3.8, 4) is 0 Å². The van der Waals surface area contributed by atoms with E-state index in [0.29, 0.717) is 0 Å². The molecule has 4 nitrogen and oxygen atoms in total. The van der Waals surface area contributed by atoms with Crippen LogP contribution >= 0.6 is 0 Å². The zero-order chi connectivity index (χ0) is 21.0. The number of likely N-dealkylation sites (N-methyl/N-ethyl adjacent to an activating group) is 1. The van der Waals surface area contributed by atoms with Crippen LogP contribution in [0.25, 0.3) is 0 Å². The van der Waals surface area contributed by atoms with Gasteiger partial charge in [0.05, 0.1) is 26.7 Å². The molecule has 174 valence electrons. The minimum Gasteiger partial charge on any atom is -0.379 e. The van der Waals surface area contributed by atoms with Crippen molar-refractivity contribution in [3.63, 3.8) is 0 Å². The van der Waals surface area contributed by atoms with Gasteiger partial charge in [-0.2, -0.15) is 0 Å². The molecule has 0 amide bonds. The molecule has 4 heteroatoms. The van der Waals surface area contributed by atoms with Crippen molar-refractivity contribution < 1.29 is 14.0 Å². The predicted octanol–water partition coefficient (Wildman–Crippen LogP) is 5.55. The van der Waals surface area contributed by atoms with E-state index in [0.717, 1.165) is 37.3 Å². The highest BCUT2D eigenvalue weighted by atomic mass is 16.5. The summed E-state index contributed by atoms with van der Waals surface area (Å²) in [5.41, 5.74) is 0. The summed E-state index contributed by atoms with van der Waals surface area (Å²) in [7, 11) is 4.18. The van der Waals surface area contributed by atoms with Gasteiger partial charge < -0.3 is 19.3 Å². The number of rotatable bonds is 20. The fourth-order valence-corrected chi connectivity index (χ4v) is 4.42.